The Morgan fingerprint density at radius 2 is 1.76 bits per heavy atom. The van der Waals surface area contributed by atoms with Gasteiger partial charge in [0.1, 0.15) is 5.03 Å². The van der Waals surface area contributed by atoms with Crippen LogP contribution < -0.4 is 10.2 Å². The number of hydrogen-bond acceptors (Lipinski definition) is 6. The minimum Gasteiger partial charge on any atom is -0.355 e. The second-order valence-electron chi connectivity index (χ2n) is 7.70. The monoisotopic (exact) mass is 411 g/mol. The molecule has 0 aliphatic carbocycles. The van der Waals surface area contributed by atoms with Crippen LogP contribution in [0.1, 0.15) is 25.7 Å². The van der Waals surface area contributed by atoms with Gasteiger partial charge in [0.2, 0.25) is 5.91 Å². The van der Waals surface area contributed by atoms with E-state index < -0.39 is 0 Å². The average molecular weight is 412 g/mol. The van der Waals surface area contributed by atoms with Gasteiger partial charge >= 0.3 is 0 Å². The van der Waals surface area contributed by atoms with Gasteiger partial charge in [0.15, 0.2) is 5.82 Å². The Morgan fingerprint density at radius 1 is 1.03 bits per heavy atom. The smallest absolute Gasteiger partial charge is 0.223 e. The molecule has 1 aromatic carbocycles. The fourth-order valence-corrected chi connectivity index (χ4v) is 4.95. The molecule has 0 unspecified atom stereocenters. The van der Waals surface area contributed by atoms with Gasteiger partial charge in [-0.05, 0) is 50.9 Å². The highest BCUT2D eigenvalue weighted by molar-refractivity contribution is 7.99. The molecule has 0 saturated carbocycles. The predicted molar refractivity (Wildman–Crippen MR) is 116 cm³/mol. The Bertz CT molecular complexity index is 789. The first-order valence-corrected chi connectivity index (χ1v) is 11.4. The van der Waals surface area contributed by atoms with Crippen molar-refractivity contribution in [1.29, 1.82) is 0 Å². The SMILES string of the molecule is O=C(NCCN1CCCC1)C1CCN(c2nccnc2Sc2ccccc2)CC1. The standard InChI is InChI=1S/C22H29N5OS/c28-21(24-12-17-26-13-4-5-14-26)18-8-15-27(16-9-18)20-22(25-11-10-23-20)29-19-6-2-1-3-7-19/h1-3,6-7,10-11,18H,4-5,8-9,12-17H2,(H,24,28). The van der Waals surface area contributed by atoms with E-state index in [1.807, 2.05) is 18.2 Å². The van der Waals surface area contributed by atoms with Crippen molar-refractivity contribution in [1.82, 2.24) is 20.2 Å². The van der Waals surface area contributed by atoms with Crippen molar-refractivity contribution in [2.75, 3.05) is 44.2 Å². The highest BCUT2D eigenvalue weighted by Crippen LogP contribution is 2.33. The number of benzene rings is 1. The quantitative estimate of drug-likeness (QED) is 0.756. The zero-order chi connectivity index (χ0) is 19.9. The Hall–Kier alpha value is -2.12. The molecule has 4 rings (SSSR count). The molecule has 7 heteroatoms. The van der Waals surface area contributed by atoms with Crippen LogP contribution in [-0.4, -0.2) is 60.0 Å². The van der Waals surface area contributed by atoms with Gasteiger partial charge in [-0.25, -0.2) is 9.97 Å². The molecular formula is C22H29N5OS. The van der Waals surface area contributed by atoms with Crippen molar-refractivity contribution in [2.24, 2.45) is 5.92 Å². The first kappa shape index (κ1) is 20.2. The summed E-state index contributed by atoms with van der Waals surface area (Å²) in [5.74, 6) is 1.24. The lowest BCUT2D eigenvalue weighted by atomic mass is 9.96. The summed E-state index contributed by atoms with van der Waals surface area (Å²) in [5, 5.41) is 4.07. The second kappa shape index (κ2) is 10.1. The predicted octanol–water partition coefficient (Wildman–Crippen LogP) is 3.06. The topological polar surface area (TPSA) is 61.4 Å². The molecule has 29 heavy (non-hydrogen) atoms. The zero-order valence-electron chi connectivity index (χ0n) is 16.8. The highest BCUT2D eigenvalue weighted by Gasteiger charge is 2.27. The number of aromatic nitrogens is 2. The lowest BCUT2D eigenvalue weighted by molar-refractivity contribution is -0.125. The van der Waals surface area contributed by atoms with Crippen molar-refractivity contribution in [3.63, 3.8) is 0 Å². The van der Waals surface area contributed by atoms with Gasteiger partial charge in [0, 0.05) is 49.4 Å². The van der Waals surface area contributed by atoms with Gasteiger partial charge < -0.3 is 15.1 Å². The number of likely N-dealkylation sites (tertiary alicyclic amines) is 1. The number of amides is 1. The van der Waals surface area contributed by atoms with Crippen molar-refractivity contribution >= 4 is 23.5 Å². The van der Waals surface area contributed by atoms with Crippen LogP contribution in [0.4, 0.5) is 5.82 Å². The number of piperidine rings is 1. The number of carbonyl (C=O) groups is 1. The maximum atomic E-state index is 12.5. The van der Waals surface area contributed by atoms with Crippen LogP contribution in [0.15, 0.2) is 52.6 Å². The molecule has 3 heterocycles. The number of nitrogens with zero attached hydrogens (tertiary/aromatic N) is 4. The number of hydrogen-bond donors (Lipinski definition) is 1. The summed E-state index contributed by atoms with van der Waals surface area (Å²) in [6.07, 6.45) is 7.80. The largest absolute Gasteiger partial charge is 0.355 e. The van der Waals surface area contributed by atoms with Crippen LogP contribution in [0.3, 0.4) is 0 Å². The van der Waals surface area contributed by atoms with E-state index in [1.54, 1.807) is 24.2 Å². The average Bonchev–Trinajstić information content (AvgIpc) is 3.28. The second-order valence-corrected chi connectivity index (χ2v) is 8.76. The molecule has 1 amide bonds. The molecule has 0 radical (unpaired) electrons. The normalized spacial score (nSPS) is 18.1. The van der Waals surface area contributed by atoms with Crippen LogP contribution in [0.2, 0.25) is 0 Å². The van der Waals surface area contributed by atoms with Gasteiger partial charge in [0.25, 0.3) is 0 Å². The summed E-state index contributed by atoms with van der Waals surface area (Å²) in [7, 11) is 0. The number of anilines is 1. The molecule has 2 aliphatic heterocycles. The number of nitrogens with one attached hydrogen (secondary N) is 1. The Morgan fingerprint density at radius 3 is 2.52 bits per heavy atom. The van der Waals surface area contributed by atoms with Gasteiger partial charge in [-0.2, -0.15) is 0 Å². The molecule has 6 nitrogen and oxygen atoms in total. The number of carbonyl (C=O) groups excluding carboxylic acids is 1. The van der Waals surface area contributed by atoms with Crippen molar-refractivity contribution in [3.8, 4) is 0 Å². The molecule has 2 saturated heterocycles. The van der Waals surface area contributed by atoms with E-state index in [1.165, 1.54) is 25.9 Å². The third-order valence-electron chi connectivity index (χ3n) is 5.70. The van der Waals surface area contributed by atoms with Crippen LogP contribution in [0.5, 0.6) is 0 Å². The zero-order valence-corrected chi connectivity index (χ0v) is 17.6. The van der Waals surface area contributed by atoms with E-state index in [4.69, 9.17) is 0 Å². The summed E-state index contributed by atoms with van der Waals surface area (Å²) < 4.78 is 0. The van der Waals surface area contributed by atoms with Gasteiger partial charge in [-0.3, -0.25) is 4.79 Å². The van der Waals surface area contributed by atoms with E-state index in [9.17, 15) is 4.79 Å². The van der Waals surface area contributed by atoms with E-state index >= 15 is 0 Å². The maximum absolute atomic E-state index is 12.5. The Labute approximate surface area is 177 Å². The molecule has 0 spiro atoms. The summed E-state index contributed by atoms with van der Waals surface area (Å²) >= 11 is 1.64. The Kier molecular flexibility index (Phi) is 7.00. The van der Waals surface area contributed by atoms with E-state index in [0.29, 0.717) is 0 Å². The van der Waals surface area contributed by atoms with Crippen molar-refractivity contribution in [3.05, 3.63) is 42.7 Å². The lowest BCUT2D eigenvalue weighted by Gasteiger charge is -2.32. The summed E-state index contributed by atoms with van der Waals surface area (Å²) in [5.41, 5.74) is 0. The van der Waals surface area contributed by atoms with Crippen molar-refractivity contribution in [2.45, 2.75) is 35.6 Å². The minimum absolute atomic E-state index is 0.103. The summed E-state index contributed by atoms with van der Waals surface area (Å²) in [4.78, 5) is 27.6. The highest BCUT2D eigenvalue weighted by atomic mass is 32.2. The minimum atomic E-state index is 0.103. The molecule has 154 valence electrons. The molecule has 1 N–H and O–H groups in total. The molecule has 1 aromatic heterocycles. The van der Waals surface area contributed by atoms with E-state index in [-0.39, 0.29) is 11.8 Å². The number of rotatable bonds is 7. The van der Waals surface area contributed by atoms with Gasteiger partial charge in [-0.15, -0.1) is 0 Å². The van der Waals surface area contributed by atoms with E-state index in [2.05, 4.69) is 37.2 Å². The summed E-state index contributed by atoms with van der Waals surface area (Å²) in [6, 6.07) is 10.3. The van der Waals surface area contributed by atoms with Crippen molar-refractivity contribution < 1.29 is 4.79 Å². The van der Waals surface area contributed by atoms with Crippen LogP contribution in [0, 0.1) is 5.92 Å². The molecular weight excluding hydrogens is 382 g/mol. The fourth-order valence-electron chi connectivity index (χ4n) is 4.05. The molecule has 0 atom stereocenters. The lowest BCUT2D eigenvalue weighted by Crippen LogP contribution is -2.42. The van der Waals surface area contributed by atoms with Crippen LogP contribution in [-0.2, 0) is 4.79 Å². The fraction of sp³-hybridized carbons (Fsp3) is 0.500. The molecule has 0 bridgehead atoms. The first-order valence-electron chi connectivity index (χ1n) is 10.6. The molecule has 2 aliphatic rings. The first-order chi connectivity index (χ1) is 14.3. The van der Waals surface area contributed by atoms with Gasteiger partial charge in [-0.1, -0.05) is 30.0 Å². The maximum Gasteiger partial charge on any atom is 0.223 e. The van der Waals surface area contributed by atoms with Gasteiger partial charge in [0.05, 0.1) is 0 Å². The molecule has 2 fully saturated rings. The van der Waals surface area contributed by atoms with Crippen LogP contribution in [0.25, 0.3) is 0 Å². The molecule has 2 aromatic rings. The van der Waals surface area contributed by atoms with E-state index in [0.717, 1.165) is 54.8 Å². The third-order valence-corrected chi connectivity index (χ3v) is 6.68. The third kappa shape index (κ3) is 5.48. The Balaban J connectivity index is 1.28. The summed E-state index contributed by atoms with van der Waals surface area (Å²) in [6.45, 7) is 5.77. The van der Waals surface area contributed by atoms with Crippen LogP contribution >= 0.6 is 11.8 Å².